The fourth-order valence-electron chi connectivity index (χ4n) is 1.54. The van der Waals surface area contributed by atoms with E-state index in [-0.39, 0.29) is 14.9 Å². The predicted molar refractivity (Wildman–Crippen MR) is 85.7 cm³/mol. The molecule has 1 aromatic rings. The zero-order chi connectivity index (χ0) is 15.3. The Hall–Kier alpha value is -0.730. The van der Waals surface area contributed by atoms with Crippen LogP contribution in [-0.2, 0) is 10.0 Å². The molecule has 0 heterocycles. The van der Waals surface area contributed by atoms with E-state index in [0.29, 0.717) is 18.5 Å². The van der Waals surface area contributed by atoms with Crippen LogP contribution in [0.1, 0.15) is 12.0 Å². The molecule has 5 nitrogen and oxygen atoms in total. The van der Waals surface area contributed by atoms with Crippen molar-refractivity contribution in [2.75, 3.05) is 27.2 Å². The monoisotopic (exact) mass is 335 g/mol. The van der Waals surface area contributed by atoms with Gasteiger partial charge in [0, 0.05) is 12.1 Å². The standard InChI is InChI=1S/C12H18ClN3O2S2/c1-16(2)7-3-6-15-20(17,18)11-8-9(12(14)19)4-5-10(11)13/h4-5,8,15H,3,6-7H2,1-2H3,(H2,14,19). The highest BCUT2D eigenvalue weighted by molar-refractivity contribution is 7.89. The molecular weight excluding hydrogens is 318 g/mol. The van der Waals surface area contributed by atoms with Gasteiger partial charge < -0.3 is 10.6 Å². The van der Waals surface area contributed by atoms with Gasteiger partial charge in [-0.2, -0.15) is 0 Å². The third-order valence-electron chi connectivity index (χ3n) is 2.58. The minimum Gasteiger partial charge on any atom is -0.389 e. The first kappa shape index (κ1) is 17.3. The van der Waals surface area contributed by atoms with Crippen molar-refractivity contribution in [1.29, 1.82) is 0 Å². The van der Waals surface area contributed by atoms with Gasteiger partial charge in [-0.3, -0.25) is 0 Å². The van der Waals surface area contributed by atoms with Gasteiger partial charge in [-0.05, 0) is 39.2 Å². The van der Waals surface area contributed by atoms with Crippen molar-refractivity contribution >= 4 is 38.8 Å². The molecule has 0 saturated carbocycles. The van der Waals surface area contributed by atoms with Gasteiger partial charge in [0.1, 0.15) is 9.88 Å². The van der Waals surface area contributed by atoms with Crippen LogP contribution in [0.4, 0.5) is 0 Å². The smallest absolute Gasteiger partial charge is 0.242 e. The summed E-state index contributed by atoms with van der Waals surface area (Å²) in [6, 6.07) is 4.46. The largest absolute Gasteiger partial charge is 0.389 e. The molecule has 0 amide bonds. The molecule has 1 rings (SSSR count). The Morgan fingerprint density at radius 1 is 1.45 bits per heavy atom. The van der Waals surface area contributed by atoms with Crippen LogP contribution in [0.15, 0.2) is 23.1 Å². The normalized spacial score (nSPS) is 11.8. The maximum atomic E-state index is 12.2. The van der Waals surface area contributed by atoms with E-state index in [0.717, 1.165) is 6.54 Å². The summed E-state index contributed by atoms with van der Waals surface area (Å²) in [6.07, 6.45) is 0.707. The topological polar surface area (TPSA) is 75.4 Å². The summed E-state index contributed by atoms with van der Waals surface area (Å²) in [5.41, 5.74) is 5.97. The maximum absolute atomic E-state index is 12.2. The van der Waals surface area contributed by atoms with Gasteiger partial charge in [-0.25, -0.2) is 13.1 Å². The molecule has 0 aliphatic heterocycles. The molecule has 0 aliphatic rings. The number of thiocarbonyl (C=S) groups is 1. The maximum Gasteiger partial charge on any atom is 0.242 e. The Bertz CT molecular complexity index is 588. The number of rotatable bonds is 7. The average molecular weight is 336 g/mol. The van der Waals surface area contributed by atoms with Crippen molar-refractivity contribution in [2.24, 2.45) is 5.73 Å². The van der Waals surface area contributed by atoms with E-state index in [1.54, 1.807) is 6.07 Å². The molecule has 0 bridgehead atoms. The molecule has 0 unspecified atom stereocenters. The third kappa shape index (κ3) is 4.99. The number of nitrogens with one attached hydrogen (secondary N) is 1. The summed E-state index contributed by atoms with van der Waals surface area (Å²) in [5, 5.41) is 0.144. The summed E-state index contributed by atoms with van der Waals surface area (Å²) in [5.74, 6) is 0. The van der Waals surface area contributed by atoms with E-state index in [2.05, 4.69) is 4.72 Å². The quantitative estimate of drug-likeness (QED) is 0.578. The molecule has 8 heteroatoms. The van der Waals surface area contributed by atoms with Crippen LogP contribution in [0.25, 0.3) is 0 Å². The van der Waals surface area contributed by atoms with E-state index < -0.39 is 10.0 Å². The highest BCUT2D eigenvalue weighted by atomic mass is 35.5. The van der Waals surface area contributed by atoms with E-state index in [1.165, 1.54) is 12.1 Å². The van der Waals surface area contributed by atoms with Crippen LogP contribution >= 0.6 is 23.8 Å². The molecule has 0 aliphatic carbocycles. The van der Waals surface area contributed by atoms with Crippen molar-refractivity contribution in [3.05, 3.63) is 28.8 Å². The zero-order valence-corrected chi connectivity index (χ0v) is 13.8. The van der Waals surface area contributed by atoms with Crippen molar-refractivity contribution in [3.8, 4) is 0 Å². The second-order valence-electron chi connectivity index (χ2n) is 4.56. The number of hydrogen-bond donors (Lipinski definition) is 2. The highest BCUT2D eigenvalue weighted by Gasteiger charge is 2.18. The van der Waals surface area contributed by atoms with Crippen LogP contribution in [-0.4, -0.2) is 45.5 Å². The zero-order valence-electron chi connectivity index (χ0n) is 11.4. The van der Waals surface area contributed by atoms with Gasteiger partial charge >= 0.3 is 0 Å². The molecule has 20 heavy (non-hydrogen) atoms. The molecule has 0 fully saturated rings. The Balaban J connectivity index is 2.86. The van der Waals surface area contributed by atoms with Gasteiger partial charge in [0.2, 0.25) is 10.0 Å². The predicted octanol–water partition coefficient (Wildman–Crippen LogP) is 1.20. The average Bonchev–Trinajstić information content (AvgIpc) is 2.34. The van der Waals surface area contributed by atoms with Crippen LogP contribution < -0.4 is 10.5 Å². The lowest BCUT2D eigenvalue weighted by Gasteiger charge is -2.12. The van der Waals surface area contributed by atoms with Crippen LogP contribution in [0.3, 0.4) is 0 Å². The number of nitrogens with two attached hydrogens (primary N) is 1. The summed E-state index contributed by atoms with van der Waals surface area (Å²) in [6.45, 7) is 1.14. The van der Waals surface area contributed by atoms with Crippen LogP contribution in [0.5, 0.6) is 0 Å². The first-order valence-corrected chi connectivity index (χ1v) is 8.24. The molecule has 0 radical (unpaired) electrons. The lowest BCUT2D eigenvalue weighted by Crippen LogP contribution is -2.27. The number of nitrogens with zero attached hydrogens (tertiary/aromatic N) is 1. The summed E-state index contributed by atoms with van der Waals surface area (Å²) >= 11 is 10.8. The Kier molecular flexibility index (Phi) is 6.35. The Morgan fingerprint density at radius 3 is 2.65 bits per heavy atom. The van der Waals surface area contributed by atoms with Gasteiger partial charge in [-0.1, -0.05) is 29.9 Å². The molecule has 112 valence electrons. The molecule has 0 saturated heterocycles. The molecule has 0 atom stereocenters. The minimum absolute atomic E-state index is 0.00526. The van der Waals surface area contributed by atoms with Crippen molar-refractivity contribution < 1.29 is 8.42 Å². The van der Waals surface area contributed by atoms with Crippen molar-refractivity contribution in [1.82, 2.24) is 9.62 Å². The van der Waals surface area contributed by atoms with E-state index in [9.17, 15) is 8.42 Å². The lowest BCUT2D eigenvalue weighted by molar-refractivity contribution is 0.400. The minimum atomic E-state index is -3.66. The lowest BCUT2D eigenvalue weighted by atomic mass is 10.2. The van der Waals surface area contributed by atoms with E-state index in [4.69, 9.17) is 29.6 Å². The van der Waals surface area contributed by atoms with E-state index >= 15 is 0 Å². The van der Waals surface area contributed by atoms with Gasteiger partial charge in [0.05, 0.1) is 5.02 Å². The molecular formula is C12H18ClN3O2S2. The van der Waals surface area contributed by atoms with Gasteiger partial charge in [-0.15, -0.1) is 0 Å². The van der Waals surface area contributed by atoms with E-state index in [1.807, 2.05) is 19.0 Å². The summed E-state index contributed by atoms with van der Waals surface area (Å²) in [7, 11) is 0.195. The number of halogens is 1. The van der Waals surface area contributed by atoms with Gasteiger partial charge in [0.15, 0.2) is 0 Å². The first-order chi connectivity index (χ1) is 9.24. The summed E-state index contributed by atoms with van der Waals surface area (Å²) < 4.78 is 26.9. The van der Waals surface area contributed by atoms with Crippen LogP contribution in [0, 0.1) is 0 Å². The second-order valence-corrected chi connectivity index (χ2v) is 7.15. The van der Waals surface area contributed by atoms with Gasteiger partial charge in [0.25, 0.3) is 0 Å². The SMILES string of the molecule is CN(C)CCCNS(=O)(=O)c1cc(C(N)=S)ccc1Cl. The highest BCUT2D eigenvalue weighted by Crippen LogP contribution is 2.22. The molecule has 1 aromatic carbocycles. The molecule has 3 N–H and O–H groups in total. The second kappa shape index (κ2) is 7.33. The molecule has 0 aromatic heterocycles. The number of hydrogen-bond acceptors (Lipinski definition) is 4. The van der Waals surface area contributed by atoms with Crippen LogP contribution in [0.2, 0.25) is 5.02 Å². The Labute approximate surface area is 130 Å². The number of benzene rings is 1. The van der Waals surface area contributed by atoms with Crippen molar-refractivity contribution in [2.45, 2.75) is 11.3 Å². The first-order valence-electron chi connectivity index (χ1n) is 5.98. The fourth-order valence-corrected chi connectivity index (χ4v) is 3.27. The third-order valence-corrected chi connectivity index (χ3v) is 4.76. The fraction of sp³-hybridized carbons (Fsp3) is 0.417. The summed E-state index contributed by atoms with van der Waals surface area (Å²) in [4.78, 5) is 2.11. The number of sulfonamides is 1. The van der Waals surface area contributed by atoms with Crippen molar-refractivity contribution in [3.63, 3.8) is 0 Å². The molecule has 0 spiro atoms. The Morgan fingerprint density at radius 2 is 2.10 bits per heavy atom.